The normalized spacial score (nSPS) is 21.4. The minimum Gasteiger partial charge on any atom is -0.373 e. The van der Waals surface area contributed by atoms with E-state index in [4.69, 9.17) is 4.74 Å². The number of para-hydroxylation sites is 1. The van der Waals surface area contributed by atoms with Crippen LogP contribution >= 0.6 is 0 Å². The molecule has 1 unspecified atom stereocenters. The number of anilines is 1. The summed E-state index contributed by atoms with van der Waals surface area (Å²) >= 11 is 0. The largest absolute Gasteiger partial charge is 0.373 e. The zero-order valence-electron chi connectivity index (χ0n) is 16.0. The van der Waals surface area contributed by atoms with Crippen LogP contribution in [0.15, 0.2) is 42.6 Å². The maximum Gasteiger partial charge on any atom is 0.272 e. The van der Waals surface area contributed by atoms with Crippen molar-refractivity contribution in [2.75, 3.05) is 31.6 Å². The summed E-state index contributed by atoms with van der Waals surface area (Å²) in [5.74, 6) is 0.617. The SMILES string of the molecule is Cc1nccc(C(=O)N2CCC3(CC2)CC(N(C)c2ccccc2)CO3)n1. The van der Waals surface area contributed by atoms with Crippen molar-refractivity contribution in [1.82, 2.24) is 14.9 Å². The second kappa shape index (κ2) is 7.27. The zero-order chi connectivity index (χ0) is 18.9. The van der Waals surface area contributed by atoms with E-state index in [2.05, 4.69) is 46.2 Å². The van der Waals surface area contributed by atoms with Crippen molar-refractivity contribution < 1.29 is 9.53 Å². The molecule has 0 N–H and O–H groups in total. The molecule has 1 aromatic heterocycles. The first-order chi connectivity index (χ1) is 13.1. The van der Waals surface area contributed by atoms with Gasteiger partial charge in [-0.25, -0.2) is 9.97 Å². The third kappa shape index (κ3) is 3.67. The number of rotatable bonds is 3. The van der Waals surface area contributed by atoms with Gasteiger partial charge in [0.15, 0.2) is 0 Å². The fraction of sp³-hybridized carbons (Fsp3) is 0.476. The summed E-state index contributed by atoms with van der Waals surface area (Å²) in [6, 6.07) is 12.5. The molecule has 0 bridgehead atoms. The molecule has 6 heteroatoms. The Hall–Kier alpha value is -2.47. The van der Waals surface area contributed by atoms with E-state index < -0.39 is 0 Å². The molecular formula is C21H26N4O2. The monoisotopic (exact) mass is 366 g/mol. The lowest BCUT2D eigenvalue weighted by Gasteiger charge is -2.39. The van der Waals surface area contributed by atoms with Gasteiger partial charge in [-0.05, 0) is 44.4 Å². The molecule has 1 amide bonds. The number of aromatic nitrogens is 2. The number of piperidine rings is 1. The van der Waals surface area contributed by atoms with E-state index in [1.165, 1.54) is 5.69 Å². The number of carbonyl (C=O) groups excluding carboxylic acids is 1. The van der Waals surface area contributed by atoms with Crippen LogP contribution in [0, 0.1) is 6.92 Å². The summed E-state index contributed by atoms with van der Waals surface area (Å²) in [7, 11) is 2.14. The molecule has 2 saturated heterocycles. The lowest BCUT2D eigenvalue weighted by atomic mass is 9.87. The van der Waals surface area contributed by atoms with E-state index in [0.717, 1.165) is 25.9 Å². The predicted molar refractivity (Wildman–Crippen MR) is 104 cm³/mol. The number of hydrogen-bond acceptors (Lipinski definition) is 5. The molecule has 0 radical (unpaired) electrons. The van der Waals surface area contributed by atoms with Gasteiger partial charge in [-0.3, -0.25) is 4.79 Å². The van der Waals surface area contributed by atoms with E-state index in [1.807, 2.05) is 11.0 Å². The summed E-state index contributed by atoms with van der Waals surface area (Å²) in [4.78, 5) is 25.2. The Labute approximate surface area is 160 Å². The number of amides is 1. The molecule has 142 valence electrons. The Morgan fingerprint density at radius 3 is 2.67 bits per heavy atom. The van der Waals surface area contributed by atoms with Crippen LogP contribution in [0.3, 0.4) is 0 Å². The smallest absolute Gasteiger partial charge is 0.272 e. The topological polar surface area (TPSA) is 58.6 Å². The molecule has 27 heavy (non-hydrogen) atoms. The number of nitrogens with zero attached hydrogens (tertiary/aromatic N) is 4. The number of carbonyl (C=O) groups is 1. The fourth-order valence-corrected chi connectivity index (χ4v) is 4.15. The Bertz CT molecular complexity index is 803. The van der Waals surface area contributed by atoms with E-state index in [1.54, 1.807) is 19.2 Å². The van der Waals surface area contributed by atoms with Gasteiger partial charge in [-0.15, -0.1) is 0 Å². The molecule has 2 aromatic rings. The van der Waals surface area contributed by atoms with Crippen LogP contribution in [0.5, 0.6) is 0 Å². The first-order valence-electron chi connectivity index (χ1n) is 9.57. The first-order valence-corrected chi connectivity index (χ1v) is 9.57. The summed E-state index contributed by atoms with van der Waals surface area (Å²) in [5, 5.41) is 0. The van der Waals surface area contributed by atoms with Crippen molar-refractivity contribution in [3.63, 3.8) is 0 Å². The van der Waals surface area contributed by atoms with Gasteiger partial charge in [0, 0.05) is 32.0 Å². The average molecular weight is 366 g/mol. The van der Waals surface area contributed by atoms with Crippen molar-refractivity contribution in [1.29, 1.82) is 0 Å². The Morgan fingerprint density at radius 2 is 1.96 bits per heavy atom. The molecule has 0 aliphatic carbocycles. The molecule has 2 fully saturated rings. The van der Waals surface area contributed by atoms with Gasteiger partial charge in [-0.1, -0.05) is 18.2 Å². The molecule has 1 spiro atoms. The quantitative estimate of drug-likeness (QED) is 0.836. The summed E-state index contributed by atoms with van der Waals surface area (Å²) < 4.78 is 6.28. The van der Waals surface area contributed by atoms with Gasteiger partial charge in [0.2, 0.25) is 0 Å². The number of ether oxygens (including phenoxy) is 1. The maximum absolute atomic E-state index is 12.7. The van der Waals surface area contributed by atoms with Gasteiger partial charge in [-0.2, -0.15) is 0 Å². The maximum atomic E-state index is 12.7. The minimum absolute atomic E-state index is 0.00806. The molecule has 6 nitrogen and oxygen atoms in total. The summed E-state index contributed by atoms with van der Waals surface area (Å²) in [5.41, 5.74) is 1.59. The highest BCUT2D eigenvalue weighted by Crippen LogP contribution is 2.38. The van der Waals surface area contributed by atoms with Crippen LogP contribution in [0.4, 0.5) is 5.69 Å². The van der Waals surface area contributed by atoms with Crippen LogP contribution in [0.25, 0.3) is 0 Å². The van der Waals surface area contributed by atoms with E-state index >= 15 is 0 Å². The van der Waals surface area contributed by atoms with Gasteiger partial charge >= 0.3 is 0 Å². The second-order valence-electron chi connectivity index (χ2n) is 7.58. The Kier molecular flexibility index (Phi) is 4.83. The van der Waals surface area contributed by atoms with Crippen molar-refractivity contribution in [2.24, 2.45) is 0 Å². The Morgan fingerprint density at radius 1 is 1.22 bits per heavy atom. The van der Waals surface area contributed by atoms with Gasteiger partial charge in [0.1, 0.15) is 11.5 Å². The first kappa shape index (κ1) is 17.9. The molecule has 1 aromatic carbocycles. The number of hydrogen-bond donors (Lipinski definition) is 0. The molecule has 1 atom stereocenters. The minimum atomic E-state index is -0.105. The number of likely N-dealkylation sites (N-methyl/N-ethyl adjacent to an activating group) is 1. The highest BCUT2D eigenvalue weighted by Gasteiger charge is 2.44. The number of likely N-dealkylation sites (tertiary alicyclic amines) is 1. The van der Waals surface area contributed by atoms with Crippen molar-refractivity contribution >= 4 is 11.6 Å². The van der Waals surface area contributed by atoms with Gasteiger partial charge < -0.3 is 14.5 Å². The third-order valence-electron chi connectivity index (χ3n) is 5.86. The fourth-order valence-electron chi connectivity index (χ4n) is 4.15. The van der Waals surface area contributed by atoms with Gasteiger partial charge in [0.25, 0.3) is 5.91 Å². The van der Waals surface area contributed by atoms with Crippen molar-refractivity contribution in [3.8, 4) is 0 Å². The number of aryl methyl sites for hydroxylation is 1. The number of benzene rings is 1. The summed E-state index contributed by atoms with van der Waals surface area (Å²) in [6.45, 7) is 3.97. The zero-order valence-corrected chi connectivity index (χ0v) is 16.0. The van der Waals surface area contributed by atoms with Crippen molar-refractivity contribution in [2.45, 2.75) is 37.8 Å². The molecule has 2 aliphatic heterocycles. The van der Waals surface area contributed by atoms with E-state index in [0.29, 0.717) is 30.6 Å². The van der Waals surface area contributed by atoms with Crippen LogP contribution in [0.1, 0.15) is 35.6 Å². The Balaban J connectivity index is 1.37. The van der Waals surface area contributed by atoms with Gasteiger partial charge in [0.05, 0.1) is 18.2 Å². The van der Waals surface area contributed by atoms with Crippen molar-refractivity contribution in [3.05, 3.63) is 54.1 Å². The molecule has 3 heterocycles. The van der Waals surface area contributed by atoms with Crippen LogP contribution < -0.4 is 4.90 Å². The van der Waals surface area contributed by atoms with E-state index in [9.17, 15) is 4.79 Å². The molecule has 4 rings (SSSR count). The van der Waals surface area contributed by atoms with Crippen LogP contribution in [0.2, 0.25) is 0 Å². The lowest BCUT2D eigenvalue weighted by molar-refractivity contribution is -0.0389. The second-order valence-corrected chi connectivity index (χ2v) is 7.58. The molecular weight excluding hydrogens is 340 g/mol. The van der Waals surface area contributed by atoms with E-state index in [-0.39, 0.29) is 11.5 Å². The lowest BCUT2D eigenvalue weighted by Crippen LogP contribution is -2.47. The predicted octanol–water partition coefficient (Wildman–Crippen LogP) is 2.69. The third-order valence-corrected chi connectivity index (χ3v) is 5.86. The highest BCUT2D eigenvalue weighted by molar-refractivity contribution is 5.92. The summed E-state index contributed by atoms with van der Waals surface area (Å²) in [6.07, 6.45) is 4.40. The highest BCUT2D eigenvalue weighted by atomic mass is 16.5. The average Bonchev–Trinajstić information content (AvgIpc) is 3.12. The van der Waals surface area contributed by atoms with Crippen LogP contribution in [-0.2, 0) is 4.74 Å². The molecule has 2 aliphatic rings. The van der Waals surface area contributed by atoms with Crippen LogP contribution in [-0.4, -0.2) is 59.2 Å². The standard InChI is InChI=1S/C21H26N4O2/c1-16-22-11-8-19(23-16)20(26)25-12-9-21(10-13-25)14-18(15-27-21)24(2)17-6-4-3-5-7-17/h3-8,11,18H,9-10,12-15H2,1-2H3. The molecule has 0 saturated carbocycles.